The van der Waals surface area contributed by atoms with Crippen LogP contribution < -0.4 is 0 Å². The summed E-state index contributed by atoms with van der Waals surface area (Å²) in [5.74, 6) is -0.759. The molecule has 0 amide bonds. The van der Waals surface area contributed by atoms with Crippen LogP contribution in [0.15, 0.2) is 12.2 Å². The van der Waals surface area contributed by atoms with Crippen LogP contribution in [0, 0.1) is 0 Å². The Morgan fingerprint density at radius 2 is 0.961 bits per heavy atom. The smallest absolute Gasteiger partial charge is 0.462 e. The Morgan fingerprint density at radius 3 is 1.41 bits per heavy atom. The average molecular weight is 749 g/mol. The summed E-state index contributed by atoms with van der Waals surface area (Å²) in [6.07, 6.45) is 34.0. The van der Waals surface area contributed by atoms with Crippen LogP contribution in [0.5, 0.6) is 0 Å². The van der Waals surface area contributed by atoms with Crippen molar-refractivity contribution in [2.45, 2.75) is 206 Å². The van der Waals surface area contributed by atoms with Gasteiger partial charge in [0.05, 0.1) is 19.8 Å². The Labute approximate surface area is 311 Å². The lowest BCUT2D eigenvalue weighted by atomic mass is 10.0. The summed E-state index contributed by atoms with van der Waals surface area (Å²) >= 11 is 0. The molecule has 0 spiro atoms. The van der Waals surface area contributed by atoms with Gasteiger partial charge in [0.15, 0.2) is 6.10 Å². The van der Waals surface area contributed by atoms with Gasteiger partial charge in [-0.15, -0.1) is 0 Å². The number of aliphatic hydroxyl groups excluding tert-OH is 1. The second-order valence-corrected chi connectivity index (χ2v) is 15.3. The van der Waals surface area contributed by atoms with Crippen LogP contribution in [0.3, 0.4) is 0 Å². The van der Waals surface area contributed by atoms with Crippen LogP contribution in [0.25, 0.3) is 0 Å². The van der Waals surface area contributed by atoms with Crippen molar-refractivity contribution in [1.82, 2.24) is 0 Å². The highest BCUT2D eigenvalue weighted by Gasteiger charge is 2.20. The number of unbranched alkanes of at least 4 members (excludes halogenated alkanes) is 23. The molecule has 0 rings (SSSR count). The van der Waals surface area contributed by atoms with E-state index in [0.29, 0.717) is 12.8 Å². The first-order valence-electron chi connectivity index (χ1n) is 20.6. The minimum atomic E-state index is -4.71. The number of phosphoric acid groups is 1. The van der Waals surface area contributed by atoms with Crippen molar-refractivity contribution in [3.05, 3.63) is 12.2 Å². The van der Waals surface area contributed by atoms with Crippen molar-refractivity contribution in [3.63, 3.8) is 0 Å². The van der Waals surface area contributed by atoms with E-state index >= 15 is 0 Å². The third-order valence-electron chi connectivity index (χ3n) is 8.90. The van der Waals surface area contributed by atoms with Gasteiger partial charge in [0.1, 0.15) is 12.7 Å². The van der Waals surface area contributed by atoms with Gasteiger partial charge in [-0.2, -0.15) is 0 Å². The van der Waals surface area contributed by atoms with Gasteiger partial charge in [0.25, 0.3) is 0 Å². The third kappa shape index (κ3) is 39.7. The summed E-state index contributed by atoms with van der Waals surface area (Å²) in [7, 11) is -4.71. The fourth-order valence-corrected chi connectivity index (χ4v) is 6.18. The summed E-state index contributed by atoms with van der Waals surface area (Å²) in [4.78, 5) is 42.6. The first-order valence-corrected chi connectivity index (χ1v) is 22.2. The van der Waals surface area contributed by atoms with Crippen molar-refractivity contribution < 1.29 is 47.8 Å². The number of rotatable bonds is 39. The number of esters is 2. The number of hydrogen-bond donors (Lipinski definition) is 3. The Hall–Kier alpha value is -1.29. The molecule has 10 nitrogen and oxygen atoms in total. The molecule has 0 aliphatic carbocycles. The van der Waals surface area contributed by atoms with Gasteiger partial charge in [0, 0.05) is 12.8 Å². The molecule has 0 bridgehead atoms. The van der Waals surface area contributed by atoms with Gasteiger partial charge in [0.2, 0.25) is 0 Å². The van der Waals surface area contributed by atoms with Gasteiger partial charge in [-0.05, 0) is 38.5 Å². The lowest BCUT2D eigenvalue weighted by molar-refractivity contribution is -0.163. The van der Waals surface area contributed by atoms with E-state index in [4.69, 9.17) is 24.0 Å². The molecular weight excluding hydrogens is 671 g/mol. The second-order valence-electron chi connectivity index (χ2n) is 14.1. The van der Waals surface area contributed by atoms with Crippen LogP contribution in [0.1, 0.15) is 194 Å². The summed E-state index contributed by atoms with van der Waals surface area (Å²) in [6.45, 7) is 3.27. The number of carbonyl (C=O) groups excluding carboxylic acids is 2. The first-order chi connectivity index (χ1) is 24.7. The standard InChI is InChI=1S/C40H77O10P/c1-3-5-7-9-11-13-15-17-18-20-22-24-26-28-30-32-40(43)50-38(35-47-33-37(41)34-49-51(44,45)46)36-48-39(42)31-29-27-25-23-21-19-16-14-12-10-8-6-4-2/h17-18,37-38,41H,3-16,19-36H2,1-2H3,(H2,44,45,46)/b18-17-/t37?,38-/m0/s1. The molecule has 0 aromatic heterocycles. The quantitative estimate of drug-likeness (QED) is 0.0240. The molecule has 2 atom stereocenters. The van der Waals surface area contributed by atoms with Crippen molar-refractivity contribution in [3.8, 4) is 0 Å². The Morgan fingerprint density at radius 1 is 0.549 bits per heavy atom. The Kier molecular flexibility index (Phi) is 36.1. The zero-order chi connectivity index (χ0) is 37.7. The summed E-state index contributed by atoms with van der Waals surface area (Å²) < 4.78 is 31.5. The molecule has 302 valence electrons. The van der Waals surface area contributed by atoms with Gasteiger partial charge >= 0.3 is 19.8 Å². The van der Waals surface area contributed by atoms with E-state index in [1.54, 1.807) is 0 Å². The predicted octanol–water partition coefficient (Wildman–Crippen LogP) is 10.4. The van der Waals surface area contributed by atoms with E-state index in [1.807, 2.05) is 0 Å². The van der Waals surface area contributed by atoms with Gasteiger partial charge in [-0.3, -0.25) is 14.1 Å². The van der Waals surface area contributed by atoms with E-state index in [0.717, 1.165) is 51.4 Å². The van der Waals surface area contributed by atoms with E-state index in [2.05, 4.69) is 30.5 Å². The highest BCUT2D eigenvalue weighted by molar-refractivity contribution is 7.46. The lowest BCUT2D eigenvalue weighted by Crippen LogP contribution is -2.32. The molecule has 0 aromatic carbocycles. The van der Waals surface area contributed by atoms with E-state index in [9.17, 15) is 19.3 Å². The van der Waals surface area contributed by atoms with Gasteiger partial charge < -0.3 is 29.1 Å². The summed E-state index contributed by atoms with van der Waals surface area (Å²) in [6, 6.07) is 0. The van der Waals surface area contributed by atoms with Crippen molar-refractivity contribution >= 4 is 19.8 Å². The monoisotopic (exact) mass is 749 g/mol. The molecule has 0 aliphatic rings. The minimum Gasteiger partial charge on any atom is -0.462 e. The highest BCUT2D eigenvalue weighted by Crippen LogP contribution is 2.35. The van der Waals surface area contributed by atoms with Crippen molar-refractivity contribution in [2.24, 2.45) is 0 Å². The molecule has 0 aliphatic heterocycles. The van der Waals surface area contributed by atoms with Crippen LogP contribution >= 0.6 is 7.82 Å². The molecule has 0 saturated carbocycles. The number of hydrogen-bond acceptors (Lipinski definition) is 8. The van der Waals surface area contributed by atoms with E-state index in [-0.39, 0.29) is 32.2 Å². The lowest BCUT2D eigenvalue weighted by Gasteiger charge is -2.19. The van der Waals surface area contributed by atoms with Gasteiger partial charge in [-0.25, -0.2) is 4.57 Å². The summed E-state index contributed by atoms with van der Waals surface area (Å²) in [5, 5.41) is 9.89. The fourth-order valence-electron chi connectivity index (χ4n) is 5.81. The van der Waals surface area contributed by atoms with Crippen molar-refractivity contribution in [1.29, 1.82) is 0 Å². The number of allylic oxidation sites excluding steroid dienone is 2. The number of carbonyl (C=O) groups is 2. The number of phosphoric ester groups is 1. The van der Waals surface area contributed by atoms with Gasteiger partial charge in [-0.1, -0.05) is 154 Å². The molecule has 11 heteroatoms. The fraction of sp³-hybridized carbons (Fsp3) is 0.900. The third-order valence-corrected chi connectivity index (χ3v) is 9.39. The molecule has 3 N–H and O–H groups in total. The second kappa shape index (κ2) is 37.0. The minimum absolute atomic E-state index is 0.142. The maximum absolute atomic E-state index is 12.6. The zero-order valence-electron chi connectivity index (χ0n) is 32.6. The number of ether oxygens (including phenoxy) is 3. The normalized spacial score (nSPS) is 13.1. The van der Waals surface area contributed by atoms with Crippen molar-refractivity contribution in [2.75, 3.05) is 26.4 Å². The van der Waals surface area contributed by atoms with Crippen LogP contribution in [-0.2, 0) is 32.9 Å². The largest absolute Gasteiger partial charge is 0.469 e. The summed E-state index contributed by atoms with van der Waals surface area (Å²) in [5.41, 5.74) is 0. The maximum Gasteiger partial charge on any atom is 0.469 e. The maximum atomic E-state index is 12.6. The highest BCUT2D eigenvalue weighted by atomic mass is 31.2. The Balaban J connectivity index is 4.25. The Bertz CT molecular complexity index is 862. The molecule has 0 aromatic rings. The zero-order valence-corrected chi connectivity index (χ0v) is 33.5. The molecule has 0 radical (unpaired) electrons. The van der Waals surface area contributed by atoms with Crippen LogP contribution in [0.4, 0.5) is 0 Å². The predicted molar refractivity (Wildman–Crippen MR) is 205 cm³/mol. The molecular formula is C40H77O10P. The molecule has 1 unspecified atom stereocenters. The average Bonchev–Trinajstić information content (AvgIpc) is 3.09. The molecule has 0 fully saturated rings. The number of aliphatic hydroxyl groups is 1. The van der Waals surface area contributed by atoms with E-state index in [1.165, 1.54) is 109 Å². The van der Waals surface area contributed by atoms with Crippen LogP contribution in [0.2, 0.25) is 0 Å². The SMILES string of the molecule is CCCCCCCC/C=C\CCCCCCCC(=O)O[C@@H](COCC(O)COP(=O)(O)O)COC(=O)CCCCCCCCCCCCCCC. The molecule has 0 saturated heterocycles. The molecule has 0 heterocycles. The first kappa shape index (κ1) is 49.7. The molecule has 51 heavy (non-hydrogen) atoms. The van der Waals surface area contributed by atoms with E-state index < -0.39 is 32.6 Å². The topological polar surface area (TPSA) is 149 Å². The van der Waals surface area contributed by atoms with Crippen LogP contribution in [-0.4, -0.2) is 65.5 Å².